The Labute approximate surface area is 110 Å². The van der Waals surface area contributed by atoms with Crippen LogP contribution < -0.4 is 0 Å². The Hall–Kier alpha value is -1.40. The molecule has 98 valence electrons. The largest absolute Gasteiger partial charge is 0.240 e. The minimum atomic E-state index is 0.355. The van der Waals surface area contributed by atoms with Crippen LogP contribution in [0, 0.1) is 0 Å². The average molecular weight is 245 g/mol. The maximum Gasteiger partial charge on any atom is 0.240 e. The van der Waals surface area contributed by atoms with Gasteiger partial charge in [-0.1, -0.05) is 47.6 Å². The van der Waals surface area contributed by atoms with Crippen molar-refractivity contribution in [1.82, 2.24) is 0 Å². The summed E-state index contributed by atoms with van der Waals surface area (Å²) in [4.78, 5) is 14.4. The maximum atomic E-state index is 10.6. The van der Waals surface area contributed by atoms with Gasteiger partial charge >= 0.3 is 0 Å². The first-order valence-electron chi connectivity index (χ1n) is 6.64. The molecular formula is C16H23NO. The molecule has 0 amide bonds. The molecule has 0 aliphatic rings. The zero-order valence-corrected chi connectivity index (χ0v) is 12.2. The summed E-state index contributed by atoms with van der Waals surface area (Å²) in [6, 6.07) is 4.05. The van der Waals surface area contributed by atoms with E-state index < -0.39 is 0 Å². The van der Waals surface area contributed by atoms with E-state index in [0.29, 0.717) is 17.8 Å². The molecule has 0 aromatic heterocycles. The van der Waals surface area contributed by atoms with Crippen LogP contribution in [0.2, 0.25) is 0 Å². The fourth-order valence-electron chi connectivity index (χ4n) is 2.54. The van der Waals surface area contributed by atoms with Crippen LogP contribution in [0.4, 0.5) is 5.69 Å². The summed E-state index contributed by atoms with van der Waals surface area (Å²) in [6.45, 7) is 13.1. The summed E-state index contributed by atoms with van der Waals surface area (Å²) in [5, 5.41) is 0. The molecule has 2 heteroatoms. The fourth-order valence-corrected chi connectivity index (χ4v) is 2.54. The molecule has 1 aromatic rings. The summed E-state index contributed by atoms with van der Waals surface area (Å²) in [5.74, 6) is 1.27. The Morgan fingerprint density at radius 2 is 1.44 bits per heavy atom. The van der Waals surface area contributed by atoms with Gasteiger partial charge in [-0.05, 0) is 40.5 Å². The van der Waals surface area contributed by atoms with Crippen LogP contribution in [-0.4, -0.2) is 6.08 Å². The second kappa shape index (κ2) is 5.97. The molecule has 0 saturated carbocycles. The summed E-state index contributed by atoms with van der Waals surface area (Å²) in [6.07, 6.45) is 1.67. The molecule has 0 radical (unpaired) electrons. The zero-order valence-electron chi connectivity index (χ0n) is 12.2. The molecule has 0 heterocycles. The van der Waals surface area contributed by atoms with Crippen LogP contribution >= 0.6 is 0 Å². The van der Waals surface area contributed by atoms with Crippen LogP contribution in [0.3, 0.4) is 0 Å². The van der Waals surface area contributed by atoms with E-state index in [1.165, 1.54) is 16.7 Å². The highest BCUT2D eigenvalue weighted by molar-refractivity contribution is 5.60. The SMILES string of the molecule is CC(C)c1ccc(N=C=O)c(C(C)C)c1C(C)C. The molecular weight excluding hydrogens is 222 g/mol. The summed E-state index contributed by atoms with van der Waals surface area (Å²) < 4.78 is 0. The van der Waals surface area contributed by atoms with Crippen LogP contribution in [0.1, 0.15) is 76.0 Å². The van der Waals surface area contributed by atoms with Crippen LogP contribution in [0.5, 0.6) is 0 Å². The molecule has 0 N–H and O–H groups in total. The topological polar surface area (TPSA) is 29.4 Å². The molecule has 0 spiro atoms. The van der Waals surface area contributed by atoms with Crippen molar-refractivity contribution in [2.45, 2.75) is 59.3 Å². The van der Waals surface area contributed by atoms with Gasteiger partial charge in [0.2, 0.25) is 6.08 Å². The Balaban J connectivity index is 3.64. The van der Waals surface area contributed by atoms with Crippen molar-refractivity contribution in [1.29, 1.82) is 0 Å². The van der Waals surface area contributed by atoms with Gasteiger partial charge in [0.25, 0.3) is 0 Å². The van der Waals surface area contributed by atoms with Crippen molar-refractivity contribution in [3.63, 3.8) is 0 Å². The molecule has 2 nitrogen and oxygen atoms in total. The minimum Gasteiger partial charge on any atom is -0.211 e. The first kappa shape index (κ1) is 14.7. The molecule has 0 unspecified atom stereocenters. The number of hydrogen-bond acceptors (Lipinski definition) is 2. The fraction of sp³-hybridized carbons (Fsp3) is 0.562. The van der Waals surface area contributed by atoms with Gasteiger partial charge in [-0.2, -0.15) is 4.99 Å². The van der Waals surface area contributed by atoms with E-state index in [2.05, 4.69) is 52.6 Å². The van der Waals surface area contributed by atoms with Gasteiger partial charge in [-0.3, -0.25) is 0 Å². The highest BCUT2D eigenvalue weighted by Crippen LogP contribution is 2.38. The van der Waals surface area contributed by atoms with E-state index in [1.807, 2.05) is 6.07 Å². The van der Waals surface area contributed by atoms with Gasteiger partial charge < -0.3 is 0 Å². The second-order valence-corrected chi connectivity index (χ2v) is 5.67. The van der Waals surface area contributed by atoms with E-state index in [-0.39, 0.29) is 0 Å². The Morgan fingerprint density at radius 3 is 1.83 bits per heavy atom. The number of carbonyl (C=O) groups excluding carboxylic acids is 1. The van der Waals surface area contributed by atoms with Gasteiger partial charge in [0.1, 0.15) is 0 Å². The van der Waals surface area contributed by atoms with Gasteiger partial charge in [-0.25, -0.2) is 4.79 Å². The lowest BCUT2D eigenvalue weighted by molar-refractivity contribution is 0.565. The second-order valence-electron chi connectivity index (χ2n) is 5.67. The lowest BCUT2D eigenvalue weighted by Gasteiger charge is -2.23. The van der Waals surface area contributed by atoms with Crippen LogP contribution in [-0.2, 0) is 4.79 Å². The quantitative estimate of drug-likeness (QED) is 0.540. The monoisotopic (exact) mass is 245 g/mol. The third-order valence-corrected chi connectivity index (χ3v) is 3.24. The summed E-state index contributed by atoms with van der Waals surface area (Å²) in [5.41, 5.74) is 4.67. The smallest absolute Gasteiger partial charge is 0.211 e. The van der Waals surface area contributed by atoms with Gasteiger partial charge in [0.15, 0.2) is 0 Å². The number of aliphatic imine (C=N–C) groups is 1. The predicted molar refractivity (Wildman–Crippen MR) is 76.5 cm³/mol. The number of nitrogens with zero attached hydrogens (tertiary/aromatic N) is 1. The molecule has 1 rings (SSSR count). The van der Waals surface area contributed by atoms with E-state index in [4.69, 9.17) is 0 Å². The van der Waals surface area contributed by atoms with E-state index in [1.54, 1.807) is 6.08 Å². The number of isocyanates is 1. The average Bonchev–Trinajstić information content (AvgIpc) is 2.27. The van der Waals surface area contributed by atoms with Gasteiger partial charge in [0.05, 0.1) is 5.69 Å². The van der Waals surface area contributed by atoms with Crippen molar-refractivity contribution < 1.29 is 4.79 Å². The first-order chi connectivity index (χ1) is 8.40. The third-order valence-electron chi connectivity index (χ3n) is 3.24. The number of benzene rings is 1. The third kappa shape index (κ3) is 2.88. The van der Waals surface area contributed by atoms with E-state index in [9.17, 15) is 4.79 Å². The van der Waals surface area contributed by atoms with Crippen molar-refractivity contribution >= 4 is 11.8 Å². The summed E-state index contributed by atoms with van der Waals surface area (Å²) in [7, 11) is 0. The molecule has 18 heavy (non-hydrogen) atoms. The predicted octanol–water partition coefficient (Wildman–Crippen LogP) is 5.02. The number of rotatable bonds is 4. The highest BCUT2D eigenvalue weighted by atomic mass is 16.1. The van der Waals surface area contributed by atoms with E-state index in [0.717, 1.165) is 5.69 Å². The highest BCUT2D eigenvalue weighted by Gasteiger charge is 2.19. The van der Waals surface area contributed by atoms with Crippen molar-refractivity contribution in [2.75, 3.05) is 0 Å². The van der Waals surface area contributed by atoms with E-state index >= 15 is 0 Å². The Kier molecular flexibility index (Phi) is 4.86. The Morgan fingerprint density at radius 1 is 0.889 bits per heavy atom. The molecule has 0 aliphatic carbocycles. The Bertz CT molecular complexity index is 466. The molecule has 1 aromatic carbocycles. The minimum absolute atomic E-state index is 0.355. The molecule has 0 bridgehead atoms. The molecule has 0 aliphatic heterocycles. The lowest BCUT2D eigenvalue weighted by Crippen LogP contribution is -2.05. The number of hydrogen-bond donors (Lipinski definition) is 0. The van der Waals surface area contributed by atoms with Crippen molar-refractivity contribution in [2.24, 2.45) is 4.99 Å². The van der Waals surface area contributed by atoms with Crippen LogP contribution in [0.25, 0.3) is 0 Å². The maximum absolute atomic E-state index is 10.6. The van der Waals surface area contributed by atoms with Crippen LogP contribution in [0.15, 0.2) is 17.1 Å². The zero-order chi connectivity index (χ0) is 13.9. The van der Waals surface area contributed by atoms with Gasteiger partial charge in [-0.15, -0.1) is 0 Å². The normalized spacial score (nSPS) is 11.2. The molecule has 0 atom stereocenters. The summed E-state index contributed by atoms with van der Waals surface area (Å²) >= 11 is 0. The lowest BCUT2D eigenvalue weighted by atomic mass is 9.82. The van der Waals surface area contributed by atoms with Crippen molar-refractivity contribution in [3.05, 3.63) is 28.8 Å². The molecule has 0 fully saturated rings. The van der Waals surface area contributed by atoms with Crippen molar-refractivity contribution in [3.8, 4) is 0 Å². The first-order valence-corrected chi connectivity index (χ1v) is 6.64. The standard InChI is InChI=1S/C16H23NO/c1-10(2)13-7-8-14(17-9-18)16(12(5)6)15(13)11(3)4/h7-8,10-12H,1-6H3. The molecule has 0 saturated heterocycles. The van der Waals surface area contributed by atoms with Gasteiger partial charge in [0, 0.05) is 0 Å².